The third-order valence-corrected chi connectivity index (χ3v) is 4.14. The lowest BCUT2D eigenvalue weighted by molar-refractivity contribution is 0.194. The van der Waals surface area contributed by atoms with Crippen LogP contribution in [0.2, 0.25) is 0 Å². The maximum absolute atomic E-state index is 14.1. The topological polar surface area (TPSA) is 23.5 Å². The number of anilines is 1. The fourth-order valence-corrected chi connectivity index (χ4v) is 3.12. The number of benzene rings is 2. The molecular weight excluding hydrogens is 265 g/mol. The van der Waals surface area contributed by atoms with Crippen LogP contribution in [0, 0.1) is 5.82 Å². The third kappa shape index (κ3) is 2.79. The Hall–Kier alpha value is -1.87. The summed E-state index contributed by atoms with van der Waals surface area (Å²) < 4.78 is 14.1. The van der Waals surface area contributed by atoms with Gasteiger partial charge in [-0.25, -0.2) is 4.39 Å². The number of aryl methyl sites for hydroxylation is 1. The minimum absolute atomic E-state index is 0.333. The van der Waals surface area contributed by atoms with Crippen molar-refractivity contribution < 1.29 is 9.50 Å². The minimum atomic E-state index is -0.806. The van der Waals surface area contributed by atoms with Crippen molar-refractivity contribution in [1.29, 1.82) is 0 Å². The number of hydrogen-bond donors (Lipinski definition) is 1. The number of fused-ring (bicyclic) bond motifs is 1. The van der Waals surface area contributed by atoms with Gasteiger partial charge in [0, 0.05) is 24.3 Å². The van der Waals surface area contributed by atoms with Crippen LogP contribution in [0.15, 0.2) is 42.5 Å². The highest BCUT2D eigenvalue weighted by Crippen LogP contribution is 2.32. The molecule has 0 spiro atoms. The van der Waals surface area contributed by atoms with Gasteiger partial charge in [-0.1, -0.05) is 30.3 Å². The van der Waals surface area contributed by atoms with Crippen LogP contribution >= 0.6 is 0 Å². The zero-order chi connectivity index (χ0) is 14.8. The van der Waals surface area contributed by atoms with Crippen molar-refractivity contribution in [3.63, 3.8) is 0 Å². The number of nitrogens with zero attached hydrogens (tertiary/aromatic N) is 1. The maximum atomic E-state index is 14.1. The number of halogens is 1. The van der Waals surface area contributed by atoms with Gasteiger partial charge in [0.2, 0.25) is 0 Å². The van der Waals surface area contributed by atoms with Crippen molar-refractivity contribution in [3.8, 4) is 0 Å². The third-order valence-electron chi connectivity index (χ3n) is 4.14. The summed E-state index contributed by atoms with van der Waals surface area (Å²) in [5, 5.41) is 9.91. The highest BCUT2D eigenvalue weighted by Gasteiger charge is 2.20. The van der Waals surface area contributed by atoms with Gasteiger partial charge in [0.15, 0.2) is 0 Å². The van der Waals surface area contributed by atoms with Gasteiger partial charge in [0.25, 0.3) is 0 Å². The Morgan fingerprint density at radius 3 is 2.62 bits per heavy atom. The largest absolute Gasteiger partial charge is 0.389 e. The first kappa shape index (κ1) is 14.1. The van der Waals surface area contributed by atoms with E-state index in [1.807, 2.05) is 12.1 Å². The Kier molecular flexibility index (Phi) is 3.93. The predicted octanol–water partition coefficient (Wildman–Crippen LogP) is 3.83. The molecule has 2 nitrogen and oxygen atoms in total. The van der Waals surface area contributed by atoms with E-state index in [4.69, 9.17) is 0 Å². The van der Waals surface area contributed by atoms with E-state index in [1.54, 1.807) is 13.0 Å². The monoisotopic (exact) mass is 285 g/mol. The van der Waals surface area contributed by atoms with Crippen molar-refractivity contribution in [2.45, 2.75) is 32.4 Å². The van der Waals surface area contributed by atoms with Crippen molar-refractivity contribution in [3.05, 3.63) is 65.0 Å². The molecule has 110 valence electrons. The average Bonchev–Trinajstić information content (AvgIpc) is 2.68. The number of hydrogen-bond acceptors (Lipinski definition) is 2. The van der Waals surface area contributed by atoms with E-state index in [2.05, 4.69) is 23.1 Å². The van der Waals surface area contributed by atoms with Gasteiger partial charge in [0.05, 0.1) is 6.10 Å². The fraction of sp³-hybridized carbons (Fsp3) is 0.333. The second-order valence-electron chi connectivity index (χ2n) is 5.64. The fourth-order valence-electron chi connectivity index (χ4n) is 3.12. The van der Waals surface area contributed by atoms with Crippen molar-refractivity contribution >= 4 is 5.69 Å². The Morgan fingerprint density at radius 2 is 1.86 bits per heavy atom. The van der Waals surface area contributed by atoms with E-state index >= 15 is 0 Å². The number of aliphatic hydroxyl groups excluding tert-OH is 1. The van der Waals surface area contributed by atoms with Crippen LogP contribution in [0.25, 0.3) is 0 Å². The zero-order valence-corrected chi connectivity index (χ0v) is 12.2. The van der Waals surface area contributed by atoms with Gasteiger partial charge in [0.1, 0.15) is 5.82 Å². The molecule has 1 heterocycles. The second-order valence-corrected chi connectivity index (χ2v) is 5.64. The molecule has 1 aliphatic rings. The molecule has 2 aromatic rings. The molecule has 0 aromatic heterocycles. The number of rotatable bonds is 2. The predicted molar refractivity (Wildman–Crippen MR) is 82.8 cm³/mol. The molecule has 1 unspecified atom stereocenters. The van der Waals surface area contributed by atoms with Crippen LogP contribution in [-0.4, -0.2) is 11.7 Å². The van der Waals surface area contributed by atoms with E-state index in [1.165, 1.54) is 17.2 Å². The molecule has 0 aliphatic carbocycles. The summed E-state index contributed by atoms with van der Waals surface area (Å²) in [7, 11) is 0. The standard InChI is InChI=1S/C18H20FNO/c1-13(21)18-16(19)9-4-10-17(18)20-11-5-8-14-6-2-3-7-15(14)12-20/h2-4,6-7,9-10,13,21H,5,8,11-12H2,1H3. The highest BCUT2D eigenvalue weighted by molar-refractivity contribution is 5.56. The molecule has 3 rings (SSSR count). The minimum Gasteiger partial charge on any atom is -0.389 e. The van der Waals surface area contributed by atoms with Crippen LogP contribution in [0.3, 0.4) is 0 Å². The molecule has 1 atom stereocenters. The quantitative estimate of drug-likeness (QED) is 0.906. The lowest BCUT2D eigenvalue weighted by atomic mass is 10.0. The van der Waals surface area contributed by atoms with E-state index in [0.29, 0.717) is 5.56 Å². The molecule has 0 radical (unpaired) electrons. The first-order valence-electron chi connectivity index (χ1n) is 7.45. The van der Waals surface area contributed by atoms with Gasteiger partial charge in [-0.15, -0.1) is 0 Å². The molecule has 1 aliphatic heterocycles. The molecule has 0 bridgehead atoms. The summed E-state index contributed by atoms with van der Waals surface area (Å²) in [5.41, 5.74) is 3.87. The normalized spacial score (nSPS) is 16.2. The average molecular weight is 285 g/mol. The highest BCUT2D eigenvalue weighted by atomic mass is 19.1. The van der Waals surface area contributed by atoms with Crippen molar-refractivity contribution in [1.82, 2.24) is 0 Å². The maximum Gasteiger partial charge on any atom is 0.131 e. The van der Waals surface area contributed by atoms with Crippen molar-refractivity contribution in [2.75, 3.05) is 11.4 Å². The van der Waals surface area contributed by atoms with E-state index < -0.39 is 6.10 Å². The molecule has 0 fully saturated rings. The van der Waals surface area contributed by atoms with Gasteiger partial charge in [-0.05, 0) is 43.0 Å². The summed E-state index contributed by atoms with van der Waals surface area (Å²) in [6.07, 6.45) is 1.28. The lowest BCUT2D eigenvalue weighted by Crippen LogP contribution is -2.24. The Balaban J connectivity index is 2.00. The summed E-state index contributed by atoms with van der Waals surface area (Å²) in [4.78, 5) is 2.18. The first-order valence-corrected chi connectivity index (χ1v) is 7.45. The Morgan fingerprint density at radius 1 is 1.10 bits per heavy atom. The summed E-state index contributed by atoms with van der Waals surface area (Å²) in [6.45, 7) is 3.25. The lowest BCUT2D eigenvalue weighted by Gasteiger charge is -2.27. The molecular formula is C18H20FNO. The van der Waals surface area contributed by atoms with Gasteiger partial charge in [-0.3, -0.25) is 0 Å². The van der Waals surface area contributed by atoms with Crippen LogP contribution < -0.4 is 4.90 Å². The summed E-state index contributed by atoms with van der Waals surface area (Å²) >= 11 is 0. The molecule has 2 aromatic carbocycles. The summed E-state index contributed by atoms with van der Waals surface area (Å²) in [6, 6.07) is 13.4. The van der Waals surface area contributed by atoms with E-state index in [-0.39, 0.29) is 5.82 Å². The van der Waals surface area contributed by atoms with Gasteiger partial charge < -0.3 is 10.0 Å². The first-order chi connectivity index (χ1) is 10.2. The summed E-state index contributed by atoms with van der Waals surface area (Å²) in [5.74, 6) is -0.333. The van der Waals surface area contributed by atoms with Crippen LogP contribution in [0.4, 0.5) is 10.1 Å². The smallest absolute Gasteiger partial charge is 0.131 e. The number of aliphatic hydroxyl groups is 1. The SMILES string of the molecule is CC(O)c1c(F)cccc1N1CCCc2ccccc2C1. The van der Waals surface area contributed by atoms with Crippen LogP contribution in [0.1, 0.15) is 36.1 Å². The van der Waals surface area contributed by atoms with E-state index in [9.17, 15) is 9.50 Å². The molecule has 21 heavy (non-hydrogen) atoms. The molecule has 0 amide bonds. The second kappa shape index (κ2) is 5.86. The molecule has 0 saturated heterocycles. The van der Waals surface area contributed by atoms with Gasteiger partial charge in [-0.2, -0.15) is 0 Å². The molecule has 1 N–H and O–H groups in total. The Bertz CT molecular complexity index is 639. The van der Waals surface area contributed by atoms with Gasteiger partial charge >= 0.3 is 0 Å². The Labute approximate surface area is 124 Å². The van der Waals surface area contributed by atoms with Crippen LogP contribution in [-0.2, 0) is 13.0 Å². The molecule has 3 heteroatoms. The zero-order valence-electron chi connectivity index (χ0n) is 12.2. The van der Waals surface area contributed by atoms with Crippen LogP contribution in [0.5, 0.6) is 0 Å². The molecule has 0 saturated carbocycles. The van der Waals surface area contributed by atoms with Crippen molar-refractivity contribution in [2.24, 2.45) is 0 Å². The van der Waals surface area contributed by atoms with E-state index in [0.717, 1.165) is 31.6 Å².